The molecule has 0 heterocycles. The summed E-state index contributed by atoms with van der Waals surface area (Å²) < 4.78 is 27.0. The van der Waals surface area contributed by atoms with Crippen molar-refractivity contribution in [3.05, 3.63) is 59.7 Å². The minimum atomic E-state index is -3.58. The largest absolute Gasteiger partial charge is 0.280 e. The summed E-state index contributed by atoms with van der Waals surface area (Å²) in [4.78, 5) is 0.237. The monoisotopic (exact) mass is 285 g/mol. The maximum Gasteiger partial charge on any atom is 0.261 e. The number of rotatable bonds is 4. The first-order valence-corrected chi connectivity index (χ1v) is 7.72. The van der Waals surface area contributed by atoms with Gasteiger partial charge in [-0.3, -0.25) is 4.72 Å². The molecule has 0 fully saturated rings. The predicted octanol–water partition coefficient (Wildman–Crippen LogP) is 3.03. The molecule has 4 heteroatoms. The Morgan fingerprint density at radius 3 is 2.45 bits per heavy atom. The van der Waals surface area contributed by atoms with Crippen molar-refractivity contribution in [2.75, 3.05) is 4.72 Å². The van der Waals surface area contributed by atoms with E-state index < -0.39 is 10.0 Å². The second-order valence-corrected chi connectivity index (χ2v) is 6.01. The zero-order valence-corrected chi connectivity index (χ0v) is 11.9. The van der Waals surface area contributed by atoms with E-state index in [0.29, 0.717) is 11.3 Å². The molecule has 0 saturated heterocycles. The highest BCUT2D eigenvalue weighted by atomic mass is 32.2. The molecule has 0 aliphatic heterocycles. The lowest BCUT2D eigenvalue weighted by Crippen LogP contribution is -2.13. The topological polar surface area (TPSA) is 46.2 Å². The average molecular weight is 285 g/mol. The van der Waals surface area contributed by atoms with Gasteiger partial charge in [-0.25, -0.2) is 8.42 Å². The highest BCUT2D eigenvalue weighted by Crippen LogP contribution is 2.17. The first-order chi connectivity index (χ1) is 9.55. The van der Waals surface area contributed by atoms with Crippen molar-refractivity contribution >= 4 is 15.7 Å². The van der Waals surface area contributed by atoms with Crippen molar-refractivity contribution in [1.82, 2.24) is 0 Å². The van der Waals surface area contributed by atoms with Gasteiger partial charge in [0.05, 0.1) is 10.6 Å². The Kier molecular flexibility index (Phi) is 4.11. The minimum Gasteiger partial charge on any atom is -0.280 e. The normalized spacial score (nSPS) is 10.8. The van der Waals surface area contributed by atoms with E-state index in [4.69, 9.17) is 6.42 Å². The van der Waals surface area contributed by atoms with Crippen LogP contribution in [0.3, 0.4) is 0 Å². The van der Waals surface area contributed by atoms with Gasteiger partial charge in [-0.05, 0) is 42.3 Å². The number of aryl methyl sites for hydroxylation is 1. The third kappa shape index (κ3) is 3.19. The zero-order valence-electron chi connectivity index (χ0n) is 11.1. The van der Waals surface area contributed by atoms with Crippen LogP contribution in [0.1, 0.15) is 18.1 Å². The van der Waals surface area contributed by atoms with Gasteiger partial charge in [-0.15, -0.1) is 6.42 Å². The van der Waals surface area contributed by atoms with Gasteiger partial charge in [0, 0.05) is 5.56 Å². The molecule has 0 atom stereocenters. The van der Waals surface area contributed by atoms with Gasteiger partial charge < -0.3 is 0 Å². The van der Waals surface area contributed by atoms with E-state index in [1.807, 2.05) is 19.1 Å². The highest BCUT2D eigenvalue weighted by molar-refractivity contribution is 7.92. The number of benzene rings is 2. The molecule has 0 spiro atoms. The molecule has 20 heavy (non-hydrogen) atoms. The summed E-state index contributed by atoms with van der Waals surface area (Å²) in [5.74, 6) is 2.47. The van der Waals surface area contributed by atoms with E-state index in [0.717, 1.165) is 12.0 Å². The van der Waals surface area contributed by atoms with Crippen molar-refractivity contribution < 1.29 is 8.42 Å². The number of hydrogen-bond donors (Lipinski definition) is 1. The molecular weight excluding hydrogens is 270 g/mol. The van der Waals surface area contributed by atoms with Crippen molar-refractivity contribution in [2.45, 2.75) is 18.2 Å². The van der Waals surface area contributed by atoms with Gasteiger partial charge in [0.1, 0.15) is 0 Å². The van der Waals surface area contributed by atoms with Crippen LogP contribution in [0.5, 0.6) is 0 Å². The van der Waals surface area contributed by atoms with Crippen LogP contribution in [-0.4, -0.2) is 8.42 Å². The van der Waals surface area contributed by atoms with Gasteiger partial charge in [0.25, 0.3) is 10.0 Å². The molecule has 2 aromatic carbocycles. The van der Waals surface area contributed by atoms with E-state index in [2.05, 4.69) is 10.6 Å². The first-order valence-electron chi connectivity index (χ1n) is 6.23. The summed E-state index contributed by atoms with van der Waals surface area (Å²) in [7, 11) is -3.58. The summed E-state index contributed by atoms with van der Waals surface area (Å²) in [5, 5.41) is 0. The molecule has 0 radical (unpaired) electrons. The molecule has 0 unspecified atom stereocenters. The second-order valence-electron chi connectivity index (χ2n) is 4.33. The summed E-state index contributed by atoms with van der Waals surface area (Å²) in [5.41, 5.74) is 2.19. The lowest BCUT2D eigenvalue weighted by molar-refractivity contribution is 0.601. The van der Waals surface area contributed by atoms with Crippen LogP contribution in [0.15, 0.2) is 53.4 Å². The molecule has 0 aliphatic rings. The fraction of sp³-hybridized carbons (Fsp3) is 0.125. The molecule has 0 saturated carbocycles. The van der Waals surface area contributed by atoms with Crippen LogP contribution in [0, 0.1) is 12.3 Å². The summed E-state index contributed by atoms with van der Waals surface area (Å²) in [6.07, 6.45) is 6.17. The molecule has 3 nitrogen and oxygen atoms in total. The predicted molar refractivity (Wildman–Crippen MR) is 81.0 cm³/mol. The molecule has 0 aromatic heterocycles. The second kappa shape index (κ2) is 5.81. The SMILES string of the molecule is C#Cc1cccc(NS(=O)(=O)c2ccc(CC)cc2)c1. The van der Waals surface area contributed by atoms with Crippen molar-refractivity contribution in [1.29, 1.82) is 0 Å². The standard InChI is InChI=1S/C16H15NO2S/c1-3-13-8-10-16(11-9-13)20(18,19)17-15-7-5-6-14(4-2)12-15/h2,5-12,17H,3H2,1H3. The Morgan fingerprint density at radius 1 is 1.15 bits per heavy atom. The zero-order chi connectivity index (χ0) is 14.6. The Morgan fingerprint density at radius 2 is 1.85 bits per heavy atom. The quantitative estimate of drug-likeness (QED) is 0.878. The van der Waals surface area contributed by atoms with E-state index in [9.17, 15) is 8.42 Å². The number of terminal acetylenes is 1. The molecule has 0 bridgehead atoms. The van der Waals surface area contributed by atoms with Gasteiger partial charge in [0.2, 0.25) is 0 Å². The Labute approximate surface area is 119 Å². The Balaban J connectivity index is 2.28. The van der Waals surface area contributed by atoms with Gasteiger partial charge in [-0.1, -0.05) is 31.0 Å². The third-order valence-corrected chi connectivity index (χ3v) is 4.32. The Bertz CT molecular complexity index is 741. The number of nitrogens with one attached hydrogen (secondary N) is 1. The number of anilines is 1. The highest BCUT2D eigenvalue weighted by Gasteiger charge is 2.13. The Hall–Kier alpha value is -2.25. The van der Waals surface area contributed by atoms with Crippen molar-refractivity contribution in [3.8, 4) is 12.3 Å². The van der Waals surface area contributed by atoms with Gasteiger partial charge in [0.15, 0.2) is 0 Å². The van der Waals surface area contributed by atoms with E-state index in [1.54, 1.807) is 36.4 Å². The number of sulfonamides is 1. The van der Waals surface area contributed by atoms with Crippen LogP contribution in [0.2, 0.25) is 0 Å². The summed E-state index contributed by atoms with van der Waals surface area (Å²) in [6.45, 7) is 2.02. The molecular formula is C16H15NO2S. The number of hydrogen-bond acceptors (Lipinski definition) is 2. The first kappa shape index (κ1) is 14.2. The summed E-state index contributed by atoms with van der Waals surface area (Å²) >= 11 is 0. The van der Waals surface area contributed by atoms with E-state index in [1.165, 1.54) is 0 Å². The van der Waals surface area contributed by atoms with Crippen LogP contribution in [0.25, 0.3) is 0 Å². The molecule has 2 rings (SSSR count). The van der Waals surface area contributed by atoms with Crippen LogP contribution in [-0.2, 0) is 16.4 Å². The van der Waals surface area contributed by atoms with Crippen LogP contribution in [0.4, 0.5) is 5.69 Å². The van der Waals surface area contributed by atoms with E-state index >= 15 is 0 Å². The average Bonchev–Trinajstić information content (AvgIpc) is 2.47. The lowest BCUT2D eigenvalue weighted by Gasteiger charge is -2.09. The third-order valence-electron chi connectivity index (χ3n) is 2.92. The van der Waals surface area contributed by atoms with E-state index in [-0.39, 0.29) is 4.90 Å². The summed E-state index contributed by atoms with van der Waals surface area (Å²) in [6, 6.07) is 13.6. The van der Waals surface area contributed by atoms with Gasteiger partial charge >= 0.3 is 0 Å². The van der Waals surface area contributed by atoms with Gasteiger partial charge in [-0.2, -0.15) is 0 Å². The fourth-order valence-electron chi connectivity index (χ4n) is 1.79. The lowest BCUT2D eigenvalue weighted by atomic mass is 10.2. The molecule has 102 valence electrons. The maximum atomic E-state index is 12.2. The van der Waals surface area contributed by atoms with Crippen LogP contribution >= 0.6 is 0 Å². The van der Waals surface area contributed by atoms with Crippen molar-refractivity contribution in [2.24, 2.45) is 0 Å². The molecule has 0 amide bonds. The van der Waals surface area contributed by atoms with Crippen molar-refractivity contribution in [3.63, 3.8) is 0 Å². The maximum absolute atomic E-state index is 12.2. The fourth-order valence-corrected chi connectivity index (χ4v) is 2.84. The minimum absolute atomic E-state index is 0.237. The molecule has 0 aliphatic carbocycles. The molecule has 1 N–H and O–H groups in total. The smallest absolute Gasteiger partial charge is 0.261 e. The van der Waals surface area contributed by atoms with Crippen LogP contribution < -0.4 is 4.72 Å². The molecule has 2 aromatic rings.